The van der Waals surface area contributed by atoms with Gasteiger partial charge >= 0.3 is 0 Å². The zero-order valence-corrected chi connectivity index (χ0v) is 18.0. The molecule has 0 saturated heterocycles. The summed E-state index contributed by atoms with van der Waals surface area (Å²) >= 11 is 0. The van der Waals surface area contributed by atoms with Crippen molar-refractivity contribution in [3.63, 3.8) is 0 Å². The van der Waals surface area contributed by atoms with Crippen LogP contribution in [-0.2, 0) is 16.1 Å². The van der Waals surface area contributed by atoms with E-state index < -0.39 is 11.8 Å². The number of benzene rings is 1. The van der Waals surface area contributed by atoms with Gasteiger partial charge in [-0.05, 0) is 54.0 Å². The van der Waals surface area contributed by atoms with E-state index in [0.717, 1.165) is 42.0 Å². The summed E-state index contributed by atoms with van der Waals surface area (Å²) < 4.78 is 1.55. The molecule has 5 rings (SSSR count). The second-order valence-corrected chi connectivity index (χ2v) is 8.48. The van der Waals surface area contributed by atoms with Crippen molar-refractivity contribution >= 4 is 33.8 Å². The van der Waals surface area contributed by atoms with E-state index in [2.05, 4.69) is 20.3 Å². The maximum absolute atomic E-state index is 12.8. The lowest BCUT2D eigenvalue weighted by Gasteiger charge is -2.19. The lowest BCUT2D eigenvalue weighted by Crippen LogP contribution is -2.42. The highest BCUT2D eigenvalue weighted by Crippen LogP contribution is 2.31. The van der Waals surface area contributed by atoms with Crippen LogP contribution in [-0.4, -0.2) is 31.3 Å². The number of fused-ring (bicyclic) bond motifs is 2. The highest BCUT2D eigenvalue weighted by atomic mass is 16.2. The molecule has 0 bridgehead atoms. The molecule has 9 nitrogen and oxygen atoms in total. The quantitative estimate of drug-likeness (QED) is 0.392. The van der Waals surface area contributed by atoms with Gasteiger partial charge in [-0.15, -0.1) is 0 Å². The van der Waals surface area contributed by atoms with Crippen LogP contribution < -0.4 is 16.6 Å². The van der Waals surface area contributed by atoms with Crippen molar-refractivity contribution in [3.05, 3.63) is 64.8 Å². The number of amides is 2. The van der Waals surface area contributed by atoms with Gasteiger partial charge in [0.25, 0.3) is 5.56 Å². The molecule has 0 radical (unpaired) electrons. The number of carbonyl (C=O) groups excluding carboxylic acids is 2. The van der Waals surface area contributed by atoms with Crippen LogP contribution in [0.4, 0.5) is 0 Å². The topological polar surface area (TPSA) is 136 Å². The summed E-state index contributed by atoms with van der Waals surface area (Å²) in [6.07, 6.45) is 6.93. The highest BCUT2D eigenvalue weighted by Gasteiger charge is 2.34. The van der Waals surface area contributed by atoms with Gasteiger partial charge in [0.15, 0.2) is 5.82 Å². The molecule has 3 heterocycles. The summed E-state index contributed by atoms with van der Waals surface area (Å²) in [5, 5.41) is 4.44. The van der Waals surface area contributed by atoms with Crippen LogP contribution in [0.25, 0.3) is 27.8 Å². The van der Waals surface area contributed by atoms with Crippen molar-refractivity contribution in [1.82, 2.24) is 24.8 Å². The van der Waals surface area contributed by atoms with Gasteiger partial charge < -0.3 is 16.0 Å². The average Bonchev–Trinajstić information content (AvgIpc) is 3.50. The van der Waals surface area contributed by atoms with E-state index in [1.165, 1.54) is 12.4 Å². The fourth-order valence-electron chi connectivity index (χ4n) is 4.83. The van der Waals surface area contributed by atoms with Crippen molar-refractivity contribution in [2.45, 2.75) is 32.2 Å². The molecule has 1 fully saturated rings. The number of H-pyrrole nitrogens is 1. The summed E-state index contributed by atoms with van der Waals surface area (Å²) in [4.78, 5) is 49.0. The normalized spacial score (nSPS) is 15.2. The summed E-state index contributed by atoms with van der Waals surface area (Å²) in [6, 6.07) is 10.7. The van der Waals surface area contributed by atoms with Crippen molar-refractivity contribution < 1.29 is 9.59 Å². The molecule has 0 spiro atoms. The second kappa shape index (κ2) is 8.50. The Bertz CT molecular complexity index is 1420. The van der Waals surface area contributed by atoms with Gasteiger partial charge in [0.1, 0.15) is 17.9 Å². The number of primary amides is 1. The predicted molar refractivity (Wildman–Crippen MR) is 123 cm³/mol. The Morgan fingerprint density at radius 1 is 1.15 bits per heavy atom. The summed E-state index contributed by atoms with van der Waals surface area (Å²) in [7, 11) is 0. The molecule has 4 aromatic rings. The number of hydrogen-bond donors (Lipinski definition) is 3. The Morgan fingerprint density at radius 2 is 1.97 bits per heavy atom. The van der Waals surface area contributed by atoms with Gasteiger partial charge in [0, 0.05) is 18.8 Å². The highest BCUT2D eigenvalue weighted by molar-refractivity contribution is 6.00. The van der Waals surface area contributed by atoms with Gasteiger partial charge in [0.05, 0.1) is 10.9 Å². The number of nitrogens with two attached hydrogens (primary N) is 1. The van der Waals surface area contributed by atoms with Crippen LogP contribution in [0.2, 0.25) is 0 Å². The zero-order chi connectivity index (χ0) is 22.9. The van der Waals surface area contributed by atoms with Gasteiger partial charge in [-0.1, -0.05) is 18.9 Å². The van der Waals surface area contributed by atoms with Crippen LogP contribution >= 0.6 is 0 Å². The van der Waals surface area contributed by atoms with Gasteiger partial charge in [-0.25, -0.2) is 9.97 Å². The Labute approximate surface area is 189 Å². The first-order valence-corrected chi connectivity index (χ1v) is 11.0. The molecular formula is C24H24N6O3. The van der Waals surface area contributed by atoms with Crippen molar-refractivity contribution in [3.8, 4) is 5.82 Å². The molecule has 1 unspecified atom stereocenters. The second-order valence-electron chi connectivity index (χ2n) is 8.48. The molecule has 1 aliphatic carbocycles. The number of aromatic nitrogens is 4. The third-order valence-electron chi connectivity index (χ3n) is 6.43. The number of pyridine rings is 1. The molecule has 0 aliphatic heterocycles. The first-order chi connectivity index (χ1) is 16.0. The molecule has 9 heteroatoms. The molecule has 1 aliphatic rings. The van der Waals surface area contributed by atoms with Crippen LogP contribution in [0.5, 0.6) is 0 Å². The molecular weight excluding hydrogens is 420 g/mol. The maximum atomic E-state index is 12.8. The lowest BCUT2D eigenvalue weighted by atomic mass is 9.89. The number of hydrogen-bond acceptors (Lipinski definition) is 5. The van der Waals surface area contributed by atoms with Gasteiger partial charge in [0.2, 0.25) is 11.8 Å². The minimum atomic E-state index is -0.792. The zero-order valence-electron chi connectivity index (χ0n) is 18.0. The van der Waals surface area contributed by atoms with E-state index in [9.17, 15) is 14.4 Å². The van der Waals surface area contributed by atoms with Crippen LogP contribution in [0, 0.1) is 11.8 Å². The Balaban J connectivity index is 1.43. The molecule has 1 atom stereocenters. The fourth-order valence-corrected chi connectivity index (χ4v) is 4.83. The monoisotopic (exact) mass is 444 g/mol. The summed E-state index contributed by atoms with van der Waals surface area (Å²) in [5.41, 5.74) is 7.52. The fraction of sp³-hybridized carbons (Fsp3) is 0.292. The molecule has 1 aromatic carbocycles. The standard InChI is InChI=1S/C24H24N6O3/c25-21(32)20(15-3-1-2-4-15)24(33)27-12-14-5-7-18-16(11-14)6-8-19(31)30(18)23-17-9-10-26-22(17)28-13-29-23/h5-11,13,15,20H,1-4,12H2,(H2,25,32)(H,27,33)(H,26,28,29). The number of nitrogens with zero attached hydrogens (tertiary/aromatic N) is 3. The maximum Gasteiger partial charge on any atom is 0.256 e. The number of aromatic amines is 1. The third kappa shape index (κ3) is 3.86. The SMILES string of the molecule is NC(=O)C(C(=O)NCc1ccc2c(ccc(=O)n2-c2ncnc3[nH]ccc23)c1)C1CCCC1. The average molecular weight is 444 g/mol. The van der Waals surface area contributed by atoms with E-state index in [4.69, 9.17) is 5.73 Å². The predicted octanol–water partition coefficient (Wildman–Crippen LogP) is 2.17. The van der Waals surface area contributed by atoms with E-state index >= 15 is 0 Å². The van der Waals surface area contributed by atoms with Crippen molar-refractivity contribution in [1.29, 1.82) is 0 Å². The van der Waals surface area contributed by atoms with E-state index in [-0.39, 0.29) is 23.9 Å². The van der Waals surface area contributed by atoms with Crippen LogP contribution in [0.1, 0.15) is 31.2 Å². The first-order valence-electron chi connectivity index (χ1n) is 11.0. The number of nitrogens with one attached hydrogen (secondary N) is 2. The molecule has 1 saturated carbocycles. The van der Waals surface area contributed by atoms with Crippen LogP contribution in [0.3, 0.4) is 0 Å². The first kappa shape index (κ1) is 20.9. The van der Waals surface area contributed by atoms with Crippen LogP contribution in [0.15, 0.2) is 53.7 Å². The largest absolute Gasteiger partial charge is 0.369 e. The molecule has 33 heavy (non-hydrogen) atoms. The van der Waals surface area contributed by atoms with E-state index in [0.29, 0.717) is 17.0 Å². The molecule has 4 N–H and O–H groups in total. The Kier molecular flexibility index (Phi) is 5.37. The Morgan fingerprint density at radius 3 is 2.76 bits per heavy atom. The minimum absolute atomic E-state index is 0.0201. The van der Waals surface area contributed by atoms with Crippen molar-refractivity contribution in [2.75, 3.05) is 0 Å². The van der Waals surface area contributed by atoms with Crippen molar-refractivity contribution in [2.24, 2.45) is 17.6 Å². The molecule has 168 valence electrons. The van der Waals surface area contributed by atoms with E-state index in [1.807, 2.05) is 24.3 Å². The van der Waals surface area contributed by atoms with E-state index in [1.54, 1.807) is 16.8 Å². The third-order valence-corrected chi connectivity index (χ3v) is 6.43. The van der Waals surface area contributed by atoms with Gasteiger partial charge in [-0.2, -0.15) is 0 Å². The minimum Gasteiger partial charge on any atom is -0.369 e. The number of carbonyl (C=O) groups is 2. The summed E-state index contributed by atoms with van der Waals surface area (Å²) in [6.45, 7) is 0.264. The number of rotatable bonds is 6. The molecule has 3 aromatic heterocycles. The lowest BCUT2D eigenvalue weighted by molar-refractivity contribution is -0.135. The summed E-state index contributed by atoms with van der Waals surface area (Å²) in [5.74, 6) is -1.16. The van der Waals surface area contributed by atoms with Gasteiger partial charge in [-0.3, -0.25) is 19.0 Å². The molecule has 2 amide bonds. The Hall–Kier alpha value is -4.01. The smallest absolute Gasteiger partial charge is 0.256 e.